The first-order valence-electron chi connectivity index (χ1n) is 19.0. The van der Waals surface area contributed by atoms with Gasteiger partial charge in [-0.15, -0.1) is 13.2 Å². The average molecular weight is 662 g/mol. The van der Waals surface area contributed by atoms with Crippen molar-refractivity contribution in [1.29, 1.82) is 0 Å². The molecule has 2 saturated heterocycles. The molecule has 6 rings (SSSR count). The zero-order valence-electron chi connectivity index (χ0n) is 31.5. The standard InChI is InChI=1S/C39H51N5.C3H6.C2H6/c1-6-7-8-9-10-11-16-28(3)41-38-33-18-13-12-17-31(33)24-34(38)30(5)43-26-32(23-29(43)4)39-42-35-19-14-15-20-37(35)44(39)36-21-22-40-25-27(36)2;1-3-2;1-2/h6,12-15,17-20,27,29,32,36,40H,1,5,7-11,16,21-26H2,2-4H3;3H,1H2,2H3;1-2H3/t27-,29+,32?,36?;;/m0../s1. The molecule has 0 bridgehead atoms. The lowest BCUT2D eigenvalue weighted by molar-refractivity contribution is 0.270. The SMILES string of the molecule is C=CC.C=CCCCCCCC(C)=NC1=C(C(=C)N2CC(c3nc4ccccc4n3C3CCNC[C@@H]3C)C[C@H]2C)Cc2ccccc21.CC. The van der Waals surface area contributed by atoms with E-state index in [9.17, 15) is 0 Å². The largest absolute Gasteiger partial charge is 0.368 e. The third-order valence-corrected chi connectivity index (χ3v) is 10.3. The summed E-state index contributed by atoms with van der Waals surface area (Å²) in [5, 5.41) is 3.60. The molecule has 4 atom stereocenters. The van der Waals surface area contributed by atoms with E-state index in [0.717, 1.165) is 68.6 Å². The molecular weight excluding hydrogens is 599 g/mol. The summed E-state index contributed by atoms with van der Waals surface area (Å²) in [5.74, 6) is 2.20. The van der Waals surface area contributed by atoms with Crippen molar-refractivity contribution in [3.8, 4) is 0 Å². The molecule has 3 heterocycles. The van der Waals surface area contributed by atoms with E-state index < -0.39 is 0 Å². The molecule has 2 unspecified atom stereocenters. The Morgan fingerprint density at radius 2 is 1.73 bits per heavy atom. The van der Waals surface area contributed by atoms with Crippen LogP contribution in [0.4, 0.5) is 0 Å². The Morgan fingerprint density at radius 3 is 2.49 bits per heavy atom. The number of para-hydroxylation sites is 2. The maximum absolute atomic E-state index is 5.32. The van der Waals surface area contributed by atoms with Gasteiger partial charge in [0, 0.05) is 53.5 Å². The van der Waals surface area contributed by atoms with E-state index in [2.05, 4.69) is 97.2 Å². The van der Waals surface area contributed by atoms with Gasteiger partial charge >= 0.3 is 0 Å². The summed E-state index contributed by atoms with van der Waals surface area (Å²) in [6.45, 7) is 27.9. The van der Waals surface area contributed by atoms with Crippen molar-refractivity contribution in [2.24, 2.45) is 10.9 Å². The third kappa shape index (κ3) is 9.11. The second kappa shape index (κ2) is 18.9. The van der Waals surface area contributed by atoms with Crippen molar-refractivity contribution in [2.45, 2.75) is 117 Å². The fourth-order valence-corrected chi connectivity index (χ4v) is 7.83. The first-order chi connectivity index (χ1) is 23.9. The number of aliphatic imine (C=N–C) groups is 1. The summed E-state index contributed by atoms with van der Waals surface area (Å²) in [6.07, 6.45) is 14.0. The van der Waals surface area contributed by atoms with E-state index in [0.29, 0.717) is 23.9 Å². The molecule has 0 radical (unpaired) electrons. The Kier molecular flexibility index (Phi) is 14.7. The van der Waals surface area contributed by atoms with Gasteiger partial charge in [-0.05, 0) is 96.0 Å². The molecule has 2 aromatic carbocycles. The number of likely N-dealkylation sites (tertiary alicyclic amines) is 1. The smallest absolute Gasteiger partial charge is 0.115 e. The van der Waals surface area contributed by atoms with Crippen LogP contribution in [0.5, 0.6) is 0 Å². The molecule has 264 valence electrons. The van der Waals surface area contributed by atoms with E-state index in [4.69, 9.17) is 16.6 Å². The molecule has 3 aliphatic rings. The van der Waals surface area contributed by atoms with Crippen LogP contribution in [-0.4, -0.2) is 45.8 Å². The normalized spacial score (nSPS) is 21.8. The highest BCUT2D eigenvalue weighted by atomic mass is 15.2. The van der Waals surface area contributed by atoms with Crippen LogP contribution in [0.25, 0.3) is 16.7 Å². The lowest BCUT2D eigenvalue weighted by Gasteiger charge is -2.33. The summed E-state index contributed by atoms with van der Waals surface area (Å²) in [6, 6.07) is 18.4. The second-order valence-corrected chi connectivity index (χ2v) is 13.9. The number of hydrogen-bond acceptors (Lipinski definition) is 4. The Balaban J connectivity index is 0.00000103. The summed E-state index contributed by atoms with van der Waals surface area (Å²) in [7, 11) is 0. The number of unbranched alkanes of at least 4 members (excludes halogenated alkanes) is 4. The maximum Gasteiger partial charge on any atom is 0.115 e. The summed E-state index contributed by atoms with van der Waals surface area (Å²) in [5.41, 5.74) is 9.86. The molecule has 5 heteroatoms. The number of aromatic nitrogens is 2. The number of hydrogen-bond donors (Lipinski definition) is 1. The van der Waals surface area contributed by atoms with Gasteiger partial charge in [-0.3, -0.25) is 4.99 Å². The first-order valence-corrected chi connectivity index (χ1v) is 19.0. The van der Waals surface area contributed by atoms with Crippen LogP contribution in [-0.2, 0) is 6.42 Å². The molecule has 0 saturated carbocycles. The van der Waals surface area contributed by atoms with E-state index >= 15 is 0 Å². The number of benzene rings is 2. The van der Waals surface area contributed by atoms with Crippen molar-refractivity contribution < 1.29 is 0 Å². The fraction of sp³-hybridized carbons (Fsp3) is 0.500. The minimum atomic E-state index is 0.371. The molecule has 5 nitrogen and oxygen atoms in total. The number of allylic oxidation sites excluding steroid dienone is 3. The van der Waals surface area contributed by atoms with Gasteiger partial charge in [-0.25, -0.2) is 4.98 Å². The van der Waals surface area contributed by atoms with Crippen LogP contribution < -0.4 is 5.32 Å². The van der Waals surface area contributed by atoms with Crippen molar-refractivity contribution in [3.63, 3.8) is 0 Å². The van der Waals surface area contributed by atoms with E-state index in [1.165, 1.54) is 59.4 Å². The number of nitrogens with zero attached hydrogens (tertiary/aromatic N) is 4. The number of nitrogens with one attached hydrogen (secondary N) is 1. The van der Waals surface area contributed by atoms with E-state index in [1.807, 2.05) is 26.8 Å². The van der Waals surface area contributed by atoms with Crippen LogP contribution in [0.15, 0.2) is 96.7 Å². The lowest BCUT2D eigenvalue weighted by atomic mass is 9.94. The Bertz CT molecular complexity index is 1610. The minimum absolute atomic E-state index is 0.371. The number of piperidine rings is 1. The fourth-order valence-electron chi connectivity index (χ4n) is 7.83. The molecule has 0 spiro atoms. The van der Waals surface area contributed by atoms with Gasteiger partial charge in [-0.2, -0.15) is 0 Å². The lowest BCUT2D eigenvalue weighted by Crippen LogP contribution is -2.37. The molecule has 2 aliphatic heterocycles. The minimum Gasteiger partial charge on any atom is -0.368 e. The average Bonchev–Trinajstić information content (AvgIpc) is 3.81. The van der Waals surface area contributed by atoms with Crippen molar-refractivity contribution >= 4 is 22.4 Å². The molecule has 1 aromatic heterocycles. The van der Waals surface area contributed by atoms with Gasteiger partial charge in [0.05, 0.1) is 16.7 Å². The summed E-state index contributed by atoms with van der Waals surface area (Å²) < 4.78 is 2.62. The van der Waals surface area contributed by atoms with Crippen molar-refractivity contribution in [1.82, 2.24) is 19.8 Å². The topological polar surface area (TPSA) is 45.5 Å². The van der Waals surface area contributed by atoms with Gasteiger partial charge in [0.1, 0.15) is 5.82 Å². The van der Waals surface area contributed by atoms with Gasteiger partial charge in [0.2, 0.25) is 0 Å². The zero-order chi connectivity index (χ0) is 35.3. The monoisotopic (exact) mass is 662 g/mol. The van der Waals surface area contributed by atoms with Gasteiger partial charge < -0.3 is 14.8 Å². The molecular formula is C44H63N5. The highest BCUT2D eigenvalue weighted by Gasteiger charge is 2.38. The summed E-state index contributed by atoms with van der Waals surface area (Å²) in [4.78, 5) is 13.2. The molecule has 1 N–H and O–H groups in total. The van der Waals surface area contributed by atoms with Gasteiger partial charge in [-0.1, -0.05) is 88.7 Å². The number of fused-ring (bicyclic) bond motifs is 2. The Morgan fingerprint density at radius 1 is 1.02 bits per heavy atom. The van der Waals surface area contributed by atoms with Crippen molar-refractivity contribution in [2.75, 3.05) is 19.6 Å². The predicted molar refractivity (Wildman–Crippen MR) is 213 cm³/mol. The molecule has 49 heavy (non-hydrogen) atoms. The maximum atomic E-state index is 5.32. The zero-order valence-corrected chi connectivity index (χ0v) is 31.5. The first kappa shape index (κ1) is 38.1. The molecule has 1 aliphatic carbocycles. The van der Waals surface area contributed by atoms with Gasteiger partial charge in [0.25, 0.3) is 0 Å². The van der Waals surface area contributed by atoms with Crippen LogP contribution in [0, 0.1) is 5.92 Å². The van der Waals surface area contributed by atoms with Crippen LogP contribution in [0.3, 0.4) is 0 Å². The number of rotatable bonds is 12. The van der Waals surface area contributed by atoms with Crippen LogP contribution >= 0.6 is 0 Å². The Labute approximate surface area is 298 Å². The highest BCUT2D eigenvalue weighted by Crippen LogP contribution is 2.43. The van der Waals surface area contributed by atoms with Crippen LogP contribution in [0.1, 0.15) is 122 Å². The second-order valence-electron chi connectivity index (χ2n) is 13.9. The number of imidazole rings is 1. The van der Waals surface area contributed by atoms with Crippen LogP contribution in [0.2, 0.25) is 0 Å². The summed E-state index contributed by atoms with van der Waals surface area (Å²) >= 11 is 0. The highest BCUT2D eigenvalue weighted by molar-refractivity contribution is 5.91. The van der Waals surface area contributed by atoms with Crippen molar-refractivity contribution in [3.05, 3.63) is 109 Å². The van der Waals surface area contributed by atoms with E-state index in [-0.39, 0.29) is 0 Å². The molecule has 3 aromatic rings. The predicted octanol–water partition coefficient (Wildman–Crippen LogP) is 11.1. The quantitative estimate of drug-likeness (QED) is 0.119. The molecule has 0 amide bonds. The van der Waals surface area contributed by atoms with E-state index in [1.54, 1.807) is 6.08 Å². The Hall–Kier alpha value is -3.70. The van der Waals surface area contributed by atoms with Gasteiger partial charge in [0.15, 0.2) is 0 Å². The molecule has 2 fully saturated rings. The third-order valence-electron chi connectivity index (χ3n) is 10.3.